The Labute approximate surface area is 127 Å². The van der Waals surface area contributed by atoms with E-state index in [2.05, 4.69) is 6.07 Å². The van der Waals surface area contributed by atoms with E-state index in [0.29, 0.717) is 5.56 Å². The largest absolute Gasteiger partial charge is 0.477 e. The van der Waals surface area contributed by atoms with Gasteiger partial charge >= 0.3 is 5.97 Å². The van der Waals surface area contributed by atoms with E-state index in [1.54, 1.807) is 13.0 Å². The molecule has 1 aliphatic carbocycles. The first-order valence-corrected chi connectivity index (χ1v) is 7.00. The summed E-state index contributed by atoms with van der Waals surface area (Å²) in [7, 11) is 0. The molecule has 1 N–H and O–H groups in total. The molecule has 110 valence electrons. The van der Waals surface area contributed by atoms with E-state index >= 15 is 0 Å². The Bertz CT molecular complexity index is 874. The highest BCUT2D eigenvalue weighted by atomic mass is 16.4. The quantitative estimate of drug-likeness (QED) is 0.921. The van der Waals surface area contributed by atoms with E-state index in [-0.39, 0.29) is 11.6 Å². The van der Waals surface area contributed by atoms with Crippen LogP contribution in [0.5, 0.6) is 0 Å². The molecule has 1 aromatic carbocycles. The second-order valence-corrected chi connectivity index (χ2v) is 5.49. The van der Waals surface area contributed by atoms with Crippen molar-refractivity contribution in [2.45, 2.75) is 25.8 Å². The van der Waals surface area contributed by atoms with E-state index < -0.39 is 11.4 Å². The molecule has 0 fully saturated rings. The zero-order chi connectivity index (χ0) is 15.9. The summed E-state index contributed by atoms with van der Waals surface area (Å²) in [6, 6.07) is 9.07. The number of fused-ring (bicyclic) bond motifs is 1. The summed E-state index contributed by atoms with van der Waals surface area (Å²) in [6.45, 7) is 1.80. The van der Waals surface area contributed by atoms with Crippen molar-refractivity contribution in [1.82, 2.24) is 4.57 Å². The molecular weight excluding hydrogens is 280 g/mol. The van der Waals surface area contributed by atoms with Crippen molar-refractivity contribution in [2.75, 3.05) is 0 Å². The third kappa shape index (κ3) is 2.19. The van der Waals surface area contributed by atoms with E-state index in [4.69, 9.17) is 10.4 Å². The predicted octanol–water partition coefficient (Wildman–Crippen LogP) is 2.26. The minimum atomic E-state index is -1.21. The van der Waals surface area contributed by atoms with Gasteiger partial charge in [-0.05, 0) is 43.0 Å². The number of hydrogen-bond acceptors (Lipinski definition) is 3. The number of carboxylic acid groups (broad SMARTS) is 1. The Morgan fingerprint density at radius 1 is 1.41 bits per heavy atom. The third-order valence-corrected chi connectivity index (χ3v) is 4.17. The second-order valence-electron chi connectivity index (χ2n) is 5.49. The summed E-state index contributed by atoms with van der Waals surface area (Å²) in [4.78, 5) is 22.9. The fourth-order valence-electron chi connectivity index (χ4n) is 3.10. The lowest BCUT2D eigenvalue weighted by Crippen LogP contribution is -2.21. The van der Waals surface area contributed by atoms with Crippen molar-refractivity contribution >= 4 is 5.97 Å². The first kappa shape index (κ1) is 14.1. The van der Waals surface area contributed by atoms with Crippen molar-refractivity contribution in [1.29, 1.82) is 5.26 Å². The average molecular weight is 294 g/mol. The minimum absolute atomic E-state index is 0.00134. The summed E-state index contributed by atoms with van der Waals surface area (Å²) in [6.07, 6.45) is 3.09. The fourth-order valence-corrected chi connectivity index (χ4v) is 3.10. The molecule has 1 aromatic heterocycles. The van der Waals surface area contributed by atoms with Gasteiger partial charge in [0.25, 0.3) is 0 Å². The number of aryl methyl sites for hydroxylation is 2. The van der Waals surface area contributed by atoms with E-state index in [1.165, 1.54) is 12.3 Å². The number of pyridine rings is 1. The zero-order valence-corrected chi connectivity index (χ0v) is 12.0. The van der Waals surface area contributed by atoms with Crippen LogP contribution in [0.1, 0.15) is 45.2 Å². The molecule has 0 aliphatic heterocycles. The Morgan fingerprint density at radius 3 is 2.86 bits per heavy atom. The molecule has 5 nitrogen and oxygen atoms in total. The summed E-state index contributed by atoms with van der Waals surface area (Å²) >= 11 is 0. The van der Waals surface area contributed by atoms with Crippen molar-refractivity contribution in [3.05, 3.63) is 68.6 Å². The number of carboxylic acids is 1. The normalized spacial score (nSPS) is 16.1. The van der Waals surface area contributed by atoms with Gasteiger partial charge in [-0.15, -0.1) is 0 Å². The number of carbonyl (C=O) groups is 1. The van der Waals surface area contributed by atoms with E-state index in [1.807, 2.05) is 16.7 Å². The van der Waals surface area contributed by atoms with Crippen LogP contribution in [0.15, 0.2) is 35.3 Å². The lowest BCUT2D eigenvalue weighted by molar-refractivity contribution is 0.0694. The molecular formula is C17H14N2O3. The fraction of sp³-hybridized carbons (Fsp3) is 0.235. The lowest BCUT2D eigenvalue weighted by atomic mass is 10.0. The van der Waals surface area contributed by atoms with E-state index in [9.17, 15) is 9.59 Å². The molecule has 3 rings (SSSR count). The molecule has 2 aromatic rings. The van der Waals surface area contributed by atoms with Gasteiger partial charge in [-0.1, -0.05) is 6.07 Å². The Hall–Kier alpha value is -2.87. The van der Waals surface area contributed by atoms with Crippen molar-refractivity contribution in [2.24, 2.45) is 0 Å². The molecule has 22 heavy (non-hydrogen) atoms. The Kier molecular flexibility index (Phi) is 3.30. The highest BCUT2D eigenvalue weighted by molar-refractivity contribution is 5.87. The summed E-state index contributed by atoms with van der Waals surface area (Å²) in [5.41, 5.74) is 2.87. The number of hydrogen-bond donors (Lipinski definition) is 1. The Morgan fingerprint density at radius 2 is 2.18 bits per heavy atom. The number of rotatable bonds is 2. The highest BCUT2D eigenvalue weighted by Gasteiger charge is 2.25. The van der Waals surface area contributed by atoms with Crippen LogP contribution in [0.25, 0.3) is 0 Å². The van der Waals surface area contributed by atoms with Crippen molar-refractivity contribution in [3.63, 3.8) is 0 Å². The van der Waals surface area contributed by atoms with Gasteiger partial charge in [-0.3, -0.25) is 4.79 Å². The maximum atomic E-state index is 11.7. The van der Waals surface area contributed by atoms with Crippen LogP contribution in [0.3, 0.4) is 0 Å². The van der Waals surface area contributed by atoms with Crippen LogP contribution in [0.2, 0.25) is 0 Å². The molecule has 1 unspecified atom stereocenters. The molecule has 0 saturated heterocycles. The van der Waals surface area contributed by atoms with Crippen molar-refractivity contribution < 1.29 is 9.90 Å². The van der Waals surface area contributed by atoms with E-state index in [0.717, 1.165) is 29.7 Å². The number of aromatic carboxylic acids is 1. The number of benzene rings is 1. The van der Waals surface area contributed by atoms with Gasteiger partial charge in [0, 0.05) is 18.0 Å². The van der Waals surface area contributed by atoms with Gasteiger partial charge in [0.15, 0.2) is 5.43 Å². The molecule has 0 bridgehead atoms. The molecule has 1 atom stereocenters. The van der Waals surface area contributed by atoms with Gasteiger partial charge in [-0.25, -0.2) is 4.79 Å². The van der Waals surface area contributed by atoms with Crippen LogP contribution < -0.4 is 5.43 Å². The molecule has 0 radical (unpaired) electrons. The van der Waals surface area contributed by atoms with Crippen LogP contribution in [-0.2, 0) is 6.42 Å². The first-order valence-electron chi connectivity index (χ1n) is 7.00. The summed E-state index contributed by atoms with van der Waals surface area (Å²) < 4.78 is 1.85. The third-order valence-electron chi connectivity index (χ3n) is 4.17. The SMILES string of the molecule is Cc1cc(=O)c(C(=O)O)cn1C1CCc2cc(C#N)ccc21. The molecule has 1 heterocycles. The van der Waals surface area contributed by atoms with Gasteiger partial charge in [0.1, 0.15) is 5.56 Å². The Balaban J connectivity index is 2.12. The van der Waals surface area contributed by atoms with Gasteiger partial charge < -0.3 is 9.67 Å². The minimum Gasteiger partial charge on any atom is -0.477 e. The lowest BCUT2D eigenvalue weighted by Gasteiger charge is -2.20. The summed E-state index contributed by atoms with van der Waals surface area (Å²) in [5.74, 6) is -1.21. The molecule has 5 heteroatoms. The maximum Gasteiger partial charge on any atom is 0.341 e. The first-order chi connectivity index (χ1) is 10.5. The number of aromatic nitrogens is 1. The number of nitriles is 1. The smallest absolute Gasteiger partial charge is 0.341 e. The van der Waals surface area contributed by atoms with Gasteiger partial charge in [0.05, 0.1) is 17.7 Å². The topological polar surface area (TPSA) is 83.1 Å². The molecule has 0 spiro atoms. The van der Waals surface area contributed by atoms with Crippen LogP contribution in [0.4, 0.5) is 0 Å². The second kappa shape index (κ2) is 5.15. The van der Waals surface area contributed by atoms with Crippen LogP contribution >= 0.6 is 0 Å². The molecule has 1 aliphatic rings. The number of nitrogens with zero attached hydrogens (tertiary/aromatic N) is 2. The monoisotopic (exact) mass is 294 g/mol. The van der Waals surface area contributed by atoms with Gasteiger partial charge in [0.2, 0.25) is 0 Å². The van der Waals surface area contributed by atoms with Crippen LogP contribution in [-0.4, -0.2) is 15.6 Å². The van der Waals surface area contributed by atoms with Crippen LogP contribution in [0, 0.1) is 18.3 Å². The standard InChI is InChI=1S/C17H14N2O3/c1-10-6-16(20)14(17(21)22)9-19(10)15-5-3-12-7-11(8-18)2-4-13(12)15/h2,4,6-7,9,15H,3,5H2,1H3,(H,21,22). The predicted molar refractivity (Wildman–Crippen MR) is 80.0 cm³/mol. The maximum absolute atomic E-state index is 11.7. The average Bonchev–Trinajstić information content (AvgIpc) is 2.89. The van der Waals surface area contributed by atoms with Crippen molar-refractivity contribution in [3.8, 4) is 6.07 Å². The zero-order valence-electron chi connectivity index (χ0n) is 12.0. The summed E-state index contributed by atoms with van der Waals surface area (Å²) in [5, 5.41) is 18.1. The highest BCUT2D eigenvalue weighted by Crippen LogP contribution is 2.35. The molecule has 0 amide bonds. The van der Waals surface area contributed by atoms with Gasteiger partial charge in [-0.2, -0.15) is 5.26 Å². The molecule has 0 saturated carbocycles.